The van der Waals surface area contributed by atoms with Gasteiger partial charge in [0, 0.05) is 29.0 Å². The van der Waals surface area contributed by atoms with Gasteiger partial charge in [0.25, 0.3) is 10.0 Å². The topological polar surface area (TPSA) is 49.4 Å². The van der Waals surface area contributed by atoms with E-state index in [1.807, 2.05) is 17.8 Å². The first kappa shape index (κ1) is 16.3. The molecular weight excluding hydrogens is 312 g/mol. The molecule has 1 aromatic heterocycles. The standard InChI is InChI=1S/C13H22N2O2S3/c1-3-14-7-6-12-4-5-13(19-12)20(16,17)15-8-9-18-11(2)10-15/h4-5,11,14H,3,6-10H2,1-2H3. The van der Waals surface area contributed by atoms with Gasteiger partial charge < -0.3 is 5.32 Å². The number of rotatable bonds is 6. The predicted octanol–water partition coefficient (Wildman–Crippen LogP) is 2.03. The van der Waals surface area contributed by atoms with E-state index < -0.39 is 10.0 Å². The summed E-state index contributed by atoms with van der Waals surface area (Å²) in [6, 6.07) is 3.70. The number of sulfonamides is 1. The third-order valence-electron chi connectivity index (χ3n) is 3.23. The average molecular weight is 335 g/mol. The maximum absolute atomic E-state index is 12.6. The predicted molar refractivity (Wildman–Crippen MR) is 87.2 cm³/mol. The third kappa shape index (κ3) is 3.98. The summed E-state index contributed by atoms with van der Waals surface area (Å²) in [5, 5.41) is 3.64. The molecule has 0 spiro atoms. The normalized spacial score (nSPS) is 21.2. The Bertz CT molecular complexity index is 527. The summed E-state index contributed by atoms with van der Waals surface area (Å²) in [5.74, 6) is 0.888. The molecular formula is C13H22N2O2S3. The maximum Gasteiger partial charge on any atom is 0.252 e. The van der Waals surface area contributed by atoms with Crippen LogP contribution in [0.25, 0.3) is 0 Å². The van der Waals surface area contributed by atoms with Gasteiger partial charge in [-0.1, -0.05) is 13.8 Å². The molecule has 0 amide bonds. The Labute approximate surface area is 130 Å². The van der Waals surface area contributed by atoms with E-state index in [2.05, 4.69) is 19.2 Å². The second-order valence-corrected chi connectivity index (χ2v) is 9.75. The second-order valence-electron chi connectivity index (χ2n) is 4.87. The van der Waals surface area contributed by atoms with Gasteiger partial charge in [-0.3, -0.25) is 0 Å². The lowest BCUT2D eigenvalue weighted by atomic mass is 10.3. The Morgan fingerprint density at radius 2 is 2.25 bits per heavy atom. The van der Waals surface area contributed by atoms with Crippen molar-refractivity contribution in [2.45, 2.75) is 29.7 Å². The number of thiophene rings is 1. The van der Waals surface area contributed by atoms with Crippen LogP contribution < -0.4 is 5.32 Å². The van der Waals surface area contributed by atoms with E-state index in [0.29, 0.717) is 22.5 Å². The Morgan fingerprint density at radius 1 is 1.45 bits per heavy atom. The monoisotopic (exact) mass is 334 g/mol. The van der Waals surface area contributed by atoms with E-state index in [4.69, 9.17) is 0 Å². The fourth-order valence-corrected chi connectivity index (χ4v) is 6.41. The molecule has 0 aromatic carbocycles. The van der Waals surface area contributed by atoms with Crippen LogP contribution in [0.15, 0.2) is 16.3 Å². The molecule has 0 bridgehead atoms. The Kier molecular flexibility index (Phi) is 5.92. The Morgan fingerprint density at radius 3 is 2.95 bits per heavy atom. The molecule has 2 heterocycles. The molecule has 2 rings (SSSR count). The minimum absolute atomic E-state index is 0.381. The second kappa shape index (κ2) is 7.26. The van der Waals surface area contributed by atoms with E-state index in [1.54, 1.807) is 10.4 Å². The zero-order valence-electron chi connectivity index (χ0n) is 12.0. The van der Waals surface area contributed by atoms with E-state index in [0.717, 1.165) is 30.1 Å². The van der Waals surface area contributed by atoms with Gasteiger partial charge in [0.15, 0.2) is 0 Å². The van der Waals surface area contributed by atoms with E-state index >= 15 is 0 Å². The number of nitrogens with one attached hydrogen (secondary N) is 1. The minimum Gasteiger partial charge on any atom is -0.317 e. The highest BCUT2D eigenvalue weighted by molar-refractivity contribution is 8.00. The van der Waals surface area contributed by atoms with Gasteiger partial charge in [0.1, 0.15) is 4.21 Å². The van der Waals surface area contributed by atoms with Crippen molar-refractivity contribution < 1.29 is 8.42 Å². The molecule has 1 saturated heterocycles. The smallest absolute Gasteiger partial charge is 0.252 e. The van der Waals surface area contributed by atoms with Gasteiger partial charge in [-0.15, -0.1) is 11.3 Å². The first-order chi connectivity index (χ1) is 9.54. The van der Waals surface area contributed by atoms with Crippen LogP contribution in [0.1, 0.15) is 18.7 Å². The SMILES string of the molecule is CCNCCc1ccc(S(=O)(=O)N2CCSC(C)C2)s1. The first-order valence-electron chi connectivity index (χ1n) is 6.95. The molecule has 1 atom stereocenters. The number of hydrogen-bond acceptors (Lipinski definition) is 5. The first-order valence-corrected chi connectivity index (χ1v) is 10.3. The average Bonchev–Trinajstić information content (AvgIpc) is 2.88. The molecule has 114 valence electrons. The van der Waals surface area contributed by atoms with Gasteiger partial charge in [-0.25, -0.2) is 8.42 Å². The van der Waals surface area contributed by atoms with Crippen LogP contribution in [0.2, 0.25) is 0 Å². The minimum atomic E-state index is -3.29. The largest absolute Gasteiger partial charge is 0.317 e. The van der Waals surface area contributed by atoms with Crippen molar-refractivity contribution in [2.75, 3.05) is 31.9 Å². The number of thioether (sulfide) groups is 1. The van der Waals surface area contributed by atoms with Crippen molar-refractivity contribution in [1.29, 1.82) is 0 Å². The summed E-state index contributed by atoms with van der Waals surface area (Å²) >= 11 is 3.25. The van der Waals surface area contributed by atoms with Crippen LogP contribution in [-0.2, 0) is 16.4 Å². The molecule has 0 saturated carbocycles. The van der Waals surface area contributed by atoms with Crippen molar-refractivity contribution >= 4 is 33.1 Å². The highest BCUT2D eigenvalue weighted by atomic mass is 32.2. The Balaban J connectivity index is 2.05. The maximum atomic E-state index is 12.6. The van der Waals surface area contributed by atoms with Crippen LogP contribution in [0.5, 0.6) is 0 Å². The number of hydrogen-bond donors (Lipinski definition) is 1. The van der Waals surface area contributed by atoms with E-state index in [-0.39, 0.29) is 0 Å². The summed E-state index contributed by atoms with van der Waals surface area (Å²) in [5.41, 5.74) is 0. The molecule has 1 N–H and O–H groups in total. The molecule has 20 heavy (non-hydrogen) atoms. The van der Waals surface area contributed by atoms with E-state index in [9.17, 15) is 8.42 Å². The van der Waals surface area contributed by atoms with Crippen molar-refractivity contribution in [2.24, 2.45) is 0 Å². The molecule has 1 unspecified atom stereocenters. The molecule has 1 aliphatic heterocycles. The fourth-order valence-electron chi connectivity index (χ4n) is 2.15. The van der Waals surface area contributed by atoms with Crippen molar-refractivity contribution in [3.63, 3.8) is 0 Å². The quantitative estimate of drug-likeness (QED) is 0.809. The molecule has 0 aliphatic carbocycles. The summed E-state index contributed by atoms with van der Waals surface area (Å²) in [7, 11) is -3.29. The lowest BCUT2D eigenvalue weighted by Gasteiger charge is -2.29. The molecule has 0 radical (unpaired) electrons. The van der Waals surface area contributed by atoms with Crippen LogP contribution in [0.3, 0.4) is 0 Å². The molecule has 1 fully saturated rings. The number of nitrogens with zero attached hydrogens (tertiary/aromatic N) is 1. The van der Waals surface area contributed by atoms with Gasteiger partial charge in [-0.2, -0.15) is 16.1 Å². The zero-order chi connectivity index (χ0) is 14.6. The zero-order valence-corrected chi connectivity index (χ0v) is 14.4. The summed E-state index contributed by atoms with van der Waals surface area (Å²) in [6.45, 7) is 7.25. The van der Waals surface area contributed by atoms with Crippen LogP contribution in [0, 0.1) is 0 Å². The van der Waals surface area contributed by atoms with Crippen LogP contribution in [0.4, 0.5) is 0 Å². The third-order valence-corrected chi connectivity index (χ3v) is 7.85. The highest BCUT2D eigenvalue weighted by Gasteiger charge is 2.29. The molecule has 1 aromatic rings. The lowest BCUT2D eigenvalue weighted by molar-refractivity contribution is 0.425. The van der Waals surface area contributed by atoms with E-state index in [1.165, 1.54) is 11.3 Å². The summed E-state index contributed by atoms with van der Waals surface area (Å²) in [6.07, 6.45) is 0.889. The van der Waals surface area contributed by atoms with Gasteiger partial charge >= 0.3 is 0 Å². The molecule has 1 aliphatic rings. The van der Waals surface area contributed by atoms with Crippen LogP contribution >= 0.6 is 23.1 Å². The van der Waals surface area contributed by atoms with Crippen molar-refractivity contribution in [3.05, 3.63) is 17.0 Å². The molecule has 4 nitrogen and oxygen atoms in total. The van der Waals surface area contributed by atoms with Crippen molar-refractivity contribution in [1.82, 2.24) is 9.62 Å². The summed E-state index contributed by atoms with van der Waals surface area (Å²) in [4.78, 5) is 1.13. The van der Waals surface area contributed by atoms with Crippen molar-refractivity contribution in [3.8, 4) is 0 Å². The van der Waals surface area contributed by atoms with Crippen LogP contribution in [-0.4, -0.2) is 49.9 Å². The number of likely N-dealkylation sites (N-methyl/N-ethyl adjacent to an activating group) is 1. The van der Waals surface area contributed by atoms with Gasteiger partial charge in [0.2, 0.25) is 0 Å². The Hall–Kier alpha value is -0.0800. The molecule has 7 heteroatoms. The highest BCUT2D eigenvalue weighted by Crippen LogP contribution is 2.28. The lowest BCUT2D eigenvalue weighted by Crippen LogP contribution is -2.40. The summed E-state index contributed by atoms with van der Waals surface area (Å²) < 4.78 is 27.3. The fraction of sp³-hybridized carbons (Fsp3) is 0.692. The van der Waals surface area contributed by atoms with Gasteiger partial charge in [-0.05, 0) is 31.6 Å². The van der Waals surface area contributed by atoms with Gasteiger partial charge in [0.05, 0.1) is 0 Å².